The Bertz CT molecular complexity index is 243. The van der Waals surface area contributed by atoms with Gasteiger partial charge in [-0.1, -0.05) is 12.2 Å². The van der Waals surface area contributed by atoms with Gasteiger partial charge in [-0.15, -0.1) is 0 Å². The minimum absolute atomic E-state index is 0.225. The van der Waals surface area contributed by atoms with E-state index in [1.165, 1.54) is 14.2 Å². The van der Waals surface area contributed by atoms with Gasteiger partial charge in [-0.05, 0) is 12.8 Å². The quantitative estimate of drug-likeness (QED) is 0.370. The zero-order valence-electron chi connectivity index (χ0n) is 9.95. The van der Waals surface area contributed by atoms with E-state index in [0.717, 1.165) is 5.57 Å². The first kappa shape index (κ1) is 14.6. The smallest absolute Gasteiger partial charge is 0.320 e. The van der Waals surface area contributed by atoms with Crippen LogP contribution in [0.3, 0.4) is 0 Å². The predicted octanol–water partition coefficient (Wildman–Crippen LogP) is 0.931. The van der Waals surface area contributed by atoms with Crippen molar-refractivity contribution in [2.75, 3.05) is 27.9 Å². The van der Waals surface area contributed by atoms with Crippen LogP contribution >= 0.6 is 0 Å². The molecule has 0 saturated carbocycles. The zero-order valence-corrected chi connectivity index (χ0v) is 9.95. The lowest BCUT2D eigenvalue weighted by molar-refractivity contribution is -0.158. The minimum Gasteiger partial charge on any atom is -0.468 e. The Morgan fingerprint density at radius 1 is 1.12 bits per heavy atom. The molecule has 0 heterocycles. The molecule has 0 aliphatic heterocycles. The predicted molar refractivity (Wildman–Crippen MR) is 57.8 cm³/mol. The molecule has 0 spiro atoms. The fourth-order valence-electron chi connectivity index (χ4n) is 1.18. The summed E-state index contributed by atoms with van der Waals surface area (Å²) in [6, 6.07) is 0. The van der Waals surface area contributed by atoms with E-state index < -0.39 is 17.9 Å². The monoisotopic (exact) mass is 230 g/mol. The Morgan fingerprint density at radius 2 is 1.62 bits per heavy atom. The third-order valence-electron chi connectivity index (χ3n) is 2.12. The van der Waals surface area contributed by atoms with Crippen LogP contribution in [0, 0.1) is 5.92 Å². The number of hydrogen-bond donors (Lipinski definition) is 0. The molecule has 16 heavy (non-hydrogen) atoms. The van der Waals surface area contributed by atoms with Crippen molar-refractivity contribution < 1.29 is 23.8 Å². The van der Waals surface area contributed by atoms with Crippen LogP contribution in [0.4, 0.5) is 0 Å². The van der Waals surface area contributed by atoms with Crippen molar-refractivity contribution >= 4 is 11.9 Å². The topological polar surface area (TPSA) is 61.8 Å². The minimum atomic E-state index is -0.931. The molecule has 0 radical (unpaired) electrons. The summed E-state index contributed by atoms with van der Waals surface area (Å²) in [4.78, 5) is 22.7. The molecule has 0 aromatic heterocycles. The molecule has 0 aliphatic rings. The largest absolute Gasteiger partial charge is 0.468 e. The maximum atomic E-state index is 11.3. The van der Waals surface area contributed by atoms with E-state index in [1.54, 1.807) is 7.11 Å². The van der Waals surface area contributed by atoms with E-state index in [0.29, 0.717) is 13.0 Å². The van der Waals surface area contributed by atoms with Gasteiger partial charge in [0.05, 0.1) is 14.2 Å². The highest BCUT2D eigenvalue weighted by molar-refractivity contribution is 5.95. The normalized spacial score (nSPS) is 10.0. The van der Waals surface area contributed by atoms with E-state index in [-0.39, 0.29) is 6.42 Å². The van der Waals surface area contributed by atoms with Gasteiger partial charge in [-0.25, -0.2) is 0 Å². The number of methoxy groups -OCH3 is 3. The lowest BCUT2D eigenvalue weighted by Gasteiger charge is -2.13. The highest BCUT2D eigenvalue weighted by Gasteiger charge is 2.28. The molecule has 0 saturated heterocycles. The molecule has 0 bridgehead atoms. The molecule has 0 fully saturated rings. The first-order valence-corrected chi connectivity index (χ1v) is 4.88. The van der Waals surface area contributed by atoms with Crippen LogP contribution in [0.2, 0.25) is 0 Å². The zero-order chi connectivity index (χ0) is 12.6. The molecule has 5 heteroatoms. The van der Waals surface area contributed by atoms with Crippen LogP contribution < -0.4 is 0 Å². The molecule has 92 valence electrons. The molecule has 0 aliphatic carbocycles. The molecule has 0 rings (SSSR count). The second kappa shape index (κ2) is 7.87. The molecule has 0 aromatic carbocycles. The van der Waals surface area contributed by atoms with Gasteiger partial charge >= 0.3 is 11.9 Å². The van der Waals surface area contributed by atoms with Crippen LogP contribution in [0.1, 0.15) is 12.8 Å². The third-order valence-corrected chi connectivity index (χ3v) is 2.12. The molecular formula is C11H18O5. The second-order valence-corrected chi connectivity index (χ2v) is 3.30. The van der Waals surface area contributed by atoms with Gasteiger partial charge in [0.25, 0.3) is 0 Å². The van der Waals surface area contributed by atoms with Gasteiger partial charge in [0.1, 0.15) is 0 Å². The number of carbonyl (C=O) groups is 2. The summed E-state index contributed by atoms with van der Waals surface area (Å²) in [5.74, 6) is -2.14. The second-order valence-electron chi connectivity index (χ2n) is 3.30. The SMILES string of the molecule is C=C(CCOC)CC(C(=O)OC)C(=O)OC. The van der Waals surface area contributed by atoms with E-state index in [9.17, 15) is 9.59 Å². The van der Waals surface area contributed by atoms with Crippen molar-refractivity contribution in [3.05, 3.63) is 12.2 Å². The highest BCUT2D eigenvalue weighted by Crippen LogP contribution is 2.16. The van der Waals surface area contributed by atoms with Crippen molar-refractivity contribution in [2.24, 2.45) is 5.92 Å². The average molecular weight is 230 g/mol. The lowest BCUT2D eigenvalue weighted by atomic mass is 9.99. The van der Waals surface area contributed by atoms with Gasteiger partial charge in [-0.2, -0.15) is 0 Å². The number of ether oxygens (including phenoxy) is 3. The van der Waals surface area contributed by atoms with Gasteiger partial charge in [0.15, 0.2) is 5.92 Å². The number of carbonyl (C=O) groups excluding carboxylic acids is 2. The standard InChI is InChI=1S/C11H18O5/c1-8(5-6-14-2)7-9(10(12)15-3)11(13)16-4/h9H,1,5-7H2,2-4H3. The van der Waals surface area contributed by atoms with Gasteiger partial charge in [0.2, 0.25) is 0 Å². The van der Waals surface area contributed by atoms with Crippen LogP contribution in [-0.4, -0.2) is 39.9 Å². The van der Waals surface area contributed by atoms with Crippen molar-refractivity contribution in [3.8, 4) is 0 Å². The van der Waals surface area contributed by atoms with Crippen LogP contribution in [-0.2, 0) is 23.8 Å². The Hall–Kier alpha value is -1.36. The first-order chi connectivity index (χ1) is 7.56. The molecule has 5 nitrogen and oxygen atoms in total. The maximum Gasteiger partial charge on any atom is 0.320 e. The molecular weight excluding hydrogens is 212 g/mol. The van der Waals surface area contributed by atoms with E-state index in [4.69, 9.17) is 4.74 Å². The van der Waals surface area contributed by atoms with E-state index >= 15 is 0 Å². The summed E-state index contributed by atoms with van der Waals surface area (Å²) >= 11 is 0. The van der Waals surface area contributed by atoms with Gasteiger partial charge < -0.3 is 14.2 Å². The fourth-order valence-corrected chi connectivity index (χ4v) is 1.18. The molecule has 0 aromatic rings. The highest BCUT2D eigenvalue weighted by atomic mass is 16.5. The summed E-state index contributed by atoms with van der Waals surface area (Å²) in [5.41, 5.74) is 0.752. The van der Waals surface area contributed by atoms with E-state index in [2.05, 4.69) is 16.1 Å². The molecule has 0 unspecified atom stereocenters. The third kappa shape index (κ3) is 4.93. The number of hydrogen-bond acceptors (Lipinski definition) is 5. The Labute approximate surface area is 95.4 Å². The summed E-state index contributed by atoms with van der Waals surface area (Å²) in [6.45, 7) is 4.28. The van der Waals surface area contributed by atoms with Crippen LogP contribution in [0.5, 0.6) is 0 Å². The maximum absolute atomic E-state index is 11.3. The fraction of sp³-hybridized carbons (Fsp3) is 0.636. The molecule has 0 N–H and O–H groups in total. The lowest BCUT2D eigenvalue weighted by Crippen LogP contribution is -2.27. The summed E-state index contributed by atoms with van der Waals surface area (Å²) < 4.78 is 13.9. The summed E-state index contributed by atoms with van der Waals surface area (Å²) in [6.07, 6.45) is 0.823. The Balaban J connectivity index is 4.37. The Morgan fingerprint density at radius 3 is 2.00 bits per heavy atom. The van der Waals surface area contributed by atoms with Crippen LogP contribution in [0.15, 0.2) is 12.2 Å². The number of rotatable bonds is 7. The first-order valence-electron chi connectivity index (χ1n) is 4.88. The molecule has 0 amide bonds. The van der Waals surface area contributed by atoms with Crippen molar-refractivity contribution in [3.63, 3.8) is 0 Å². The summed E-state index contributed by atoms with van der Waals surface area (Å²) in [5, 5.41) is 0. The van der Waals surface area contributed by atoms with E-state index in [1.807, 2.05) is 0 Å². The summed E-state index contributed by atoms with van der Waals surface area (Å²) in [7, 11) is 4.04. The van der Waals surface area contributed by atoms with Gasteiger partial charge in [0, 0.05) is 13.7 Å². The number of esters is 2. The van der Waals surface area contributed by atoms with Crippen molar-refractivity contribution in [2.45, 2.75) is 12.8 Å². The van der Waals surface area contributed by atoms with Crippen molar-refractivity contribution in [1.82, 2.24) is 0 Å². The molecule has 0 atom stereocenters. The Kier molecular flexibility index (Phi) is 7.20. The van der Waals surface area contributed by atoms with Gasteiger partial charge in [-0.3, -0.25) is 9.59 Å². The van der Waals surface area contributed by atoms with Crippen molar-refractivity contribution in [1.29, 1.82) is 0 Å². The average Bonchev–Trinajstić information content (AvgIpc) is 2.31. The van der Waals surface area contributed by atoms with Crippen LogP contribution in [0.25, 0.3) is 0 Å².